The number of aromatic nitrogens is 2. The lowest BCUT2D eigenvalue weighted by atomic mass is 10.1. The molecule has 0 fully saturated rings. The molecular weight excluding hydrogens is 425 g/mol. The summed E-state index contributed by atoms with van der Waals surface area (Å²) in [4.78, 5) is 29.9. The standard InChI is InChI=1S/C25H22FN3O4/c1-15-22-20(14-21(28-24(22)33-29-15)18-6-4-3-5-7-18)25(31)32-16(2)23(30)27-13-12-17-8-10-19(26)11-9-17/h3-11,14,16H,12-13H2,1-2H3,(H,27,30). The van der Waals surface area contributed by atoms with Crippen molar-refractivity contribution >= 4 is 23.0 Å². The van der Waals surface area contributed by atoms with Crippen LogP contribution in [0.25, 0.3) is 22.4 Å². The first-order valence-corrected chi connectivity index (χ1v) is 10.5. The van der Waals surface area contributed by atoms with Crippen molar-refractivity contribution in [2.45, 2.75) is 26.4 Å². The first-order chi connectivity index (χ1) is 15.9. The van der Waals surface area contributed by atoms with Gasteiger partial charge in [0.25, 0.3) is 11.6 Å². The van der Waals surface area contributed by atoms with Gasteiger partial charge in [-0.2, -0.15) is 0 Å². The molecule has 0 saturated carbocycles. The number of ether oxygens (including phenoxy) is 1. The van der Waals surface area contributed by atoms with Gasteiger partial charge in [0, 0.05) is 12.1 Å². The van der Waals surface area contributed by atoms with E-state index in [2.05, 4.69) is 15.5 Å². The van der Waals surface area contributed by atoms with E-state index in [-0.39, 0.29) is 17.1 Å². The fourth-order valence-corrected chi connectivity index (χ4v) is 3.41. The summed E-state index contributed by atoms with van der Waals surface area (Å²) in [5, 5.41) is 7.09. The number of hydrogen-bond donors (Lipinski definition) is 1. The summed E-state index contributed by atoms with van der Waals surface area (Å²) in [5.74, 6) is -1.42. The molecule has 0 aliphatic carbocycles. The molecule has 33 heavy (non-hydrogen) atoms. The second kappa shape index (κ2) is 9.60. The molecule has 4 rings (SSSR count). The maximum atomic E-state index is 13.0. The molecule has 0 radical (unpaired) electrons. The van der Waals surface area contributed by atoms with Gasteiger partial charge in [-0.05, 0) is 44.0 Å². The maximum absolute atomic E-state index is 13.0. The van der Waals surface area contributed by atoms with E-state index in [4.69, 9.17) is 9.26 Å². The molecule has 2 heterocycles. The number of pyridine rings is 1. The van der Waals surface area contributed by atoms with Crippen LogP contribution in [0.3, 0.4) is 0 Å². The molecule has 1 unspecified atom stereocenters. The van der Waals surface area contributed by atoms with E-state index in [0.717, 1.165) is 11.1 Å². The summed E-state index contributed by atoms with van der Waals surface area (Å²) in [6, 6.07) is 17.0. The fourth-order valence-electron chi connectivity index (χ4n) is 3.41. The van der Waals surface area contributed by atoms with Crippen molar-refractivity contribution < 1.29 is 23.2 Å². The third-order valence-electron chi connectivity index (χ3n) is 5.19. The van der Waals surface area contributed by atoms with Crippen molar-refractivity contribution in [3.63, 3.8) is 0 Å². The van der Waals surface area contributed by atoms with E-state index in [0.29, 0.717) is 29.7 Å². The van der Waals surface area contributed by atoms with E-state index < -0.39 is 18.0 Å². The number of esters is 1. The predicted octanol–water partition coefficient (Wildman–Crippen LogP) is 4.24. The molecule has 2 aromatic heterocycles. The Morgan fingerprint density at radius 2 is 1.85 bits per heavy atom. The van der Waals surface area contributed by atoms with E-state index >= 15 is 0 Å². The number of amides is 1. The Hall–Kier alpha value is -4.07. The van der Waals surface area contributed by atoms with Gasteiger partial charge in [-0.1, -0.05) is 47.6 Å². The number of carbonyl (C=O) groups excluding carboxylic acids is 2. The van der Waals surface area contributed by atoms with Crippen molar-refractivity contribution in [2.24, 2.45) is 0 Å². The van der Waals surface area contributed by atoms with E-state index in [1.165, 1.54) is 19.1 Å². The number of rotatable bonds is 7. The Balaban J connectivity index is 1.46. The number of nitrogens with zero attached hydrogens (tertiary/aromatic N) is 2. The van der Waals surface area contributed by atoms with Gasteiger partial charge < -0.3 is 14.6 Å². The number of benzene rings is 2. The number of aryl methyl sites for hydroxylation is 1. The van der Waals surface area contributed by atoms with E-state index in [1.807, 2.05) is 30.3 Å². The zero-order valence-electron chi connectivity index (χ0n) is 18.2. The summed E-state index contributed by atoms with van der Waals surface area (Å²) in [7, 11) is 0. The fraction of sp³-hybridized carbons (Fsp3) is 0.200. The number of fused-ring (bicyclic) bond motifs is 1. The molecule has 1 amide bonds. The number of carbonyl (C=O) groups is 2. The van der Waals surface area contributed by atoms with Crippen LogP contribution in [0.15, 0.2) is 65.2 Å². The van der Waals surface area contributed by atoms with Gasteiger partial charge in [-0.25, -0.2) is 14.2 Å². The van der Waals surface area contributed by atoms with Crippen molar-refractivity contribution in [3.8, 4) is 11.3 Å². The minimum absolute atomic E-state index is 0.220. The van der Waals surface area contributed by atoms with E-state index in [9.17, 15) is 14.0 Å². The molecule has 0 spiro atoms. The summed E-state index contributed by atoms with van der Waals surface area (Å²) < 4.78 is 23.7. The van der Waals surface area contributed by atoms with Gasteiger partial charge in [-0.15, -0.1) is 0 Å². The Morgan fingerprint density at radius 3 is 2.58 bits per heavy atom. The molecule has 1 N–H and O–H groups in total. The van der Waals surface area contributed by atoms with Crippen molar-refractivity contribution in [1.82, 2.24) is 15.5 Å². The van der Waals surface area contributed by atoms with Crippen molar-refractivity contribution in [3.05, 3.63) is 83.3 Å². The predicted molar refractivity (Wildman–Crippen MR) is 120 cm³/mol. The van der Waals surface area contributed by atoms with Gasteiger partial charge in [0.2, 0.25) is 0 Å². The Bertz CT molecular complexity index is 1290. The minimum atomic E-state index is -1.02. The molecule has 7 nitrogen and oxygen atoms in total. The molecule has 2 aromatic carbocycles. The first kappa shape index (κ1) is 22.1. The highest BCUT2D eigenvalue weighted by Gasteiger charge is 2.24. The van der Waals surface area contributed by atoms with Crippen LogP contribution in [0.2, 0.25) is 0 Å². The van der Waals surface area contributed by atoms with Crippen molar-refractivity contribution in [1.29, 1.82) is 0 Å². The number of nitrogens with one attached hydrogen (secondary N) is 1. The largest absolute Gasteiger partial charge is 0.449 e. The normalized spacial score (nSPS) is 11.8. The smallest absolute Gasteiger partial charge is 0.339 e. The van der Waals surface area contributed by atoms with Crippen LogP contribution < -0.4 is 5.32 Å². The third kappa shape index (κ3) is 5.06. The van der Waals surface area contributed by atoms with Gasteiger partial charge in [0.1, 0.15) is 5.82 Å². The van der Waals surface area contributed by atoms with Crippen molar-refractivity contribution in [2.75, 3.05) is 6.54 Å². The second-order valence-corrected chi connectivity index (χ2v) is 7.58. The highest BCUT2D eigenvalue weighted by molar-refractivity contribution is 6.05. The van der Waals surface area contributed by atoms with Gasteiger partial charge in [-0.3, -0.25) is 4.79 Å². The molecule has 0 saturated heterocycles. The van der Waals surface area contributed by atoms with Crippen LogP contribution in [-0.2, 0) is 16.0 Å². The monoisotopic (exact) mass is 447 g/mol. The van der Waals surface area contributed by atoms with Gasteiger partial charge in [0.15, 0.2) is 6.10 Å². The highest BCUT2D eigenvalue weighted by atomic mass is 19.1. The SMILES string of the molecule is Cc1noc2nc(-c3ccccc3)cc(C(=O)OC(C)C(=O)NCCc3ccc(F)cc3)c12. The van der Waals surface area contributed by atoms with Gasteiger partial charge in [0.05, 0.1) is 22.3 Å². The zero-order chi connectivity index (χ0) is 23.4. The lowest BCUT2D eigenvalue weighted by Crippen LogP contribution is -2.37. The molecule has 4 aromatic rings. The first-order valence-electron chi connectivity index (χ1n) is 10.5. The van der Waals surface area contributed by atoms with Crippen LogP contribution in [0.5, 0.6) is 0 Å². The van der Waals surface area contributed by atoms with Crippen LogP contribution in [0.4, 0.5) is 4.39 Å². The topological polar surface area (TPSA) is 94.3 Å². The van der Waals surface area contributed by atoms with Gasteiger partial charge >= 0.3 is 5.97 Å². The highest BCUT2D eigenvalue weighted by Crippen LogP contribution is 2.27. The lowest BCUT2D eigenvalue weighted by Gasteiger charge is -2.14. The summed E-state index contributed by atoms with van der Waals surface area (Å²) in [5.41, 5.74) is 3.16. The average Bonchev–Trinajstić information content (AvgIpc) is 3.20. The van der Waals surface area contributed by atoms with Crippen LogP contribution in [0.1, 0.15) is 28.5 Å². The Morgan fingerprint density at radius 1 is 1.12 bits per heavy atom. The van der Waals surface area contributed by atoms with E-state index in [1.54, 1.807) is 25.1 Å². The lowest BCUT2D eigenvalue weighted by molar-refractivity contribution is -0.129. The molecular formula is C25H22FN3O4. The summed E-state index contributed by atoms with van der Waals surface area (Å²) in [6.07, 6.45) is -0.493. The number of halogens is 1. The average molecular weight is 447 g/mol. The summed E-state index contributed by atoms with van der Waals surface area (Å²) >= 11 is 0. The minimum Gasteiger partial charge on any atom is -0.449 e. The molecule has 0 aliphatic rings. The summed E-state index contributed by atoms with van der Waals surface area (Å²) in [6.45, 7) is 3.54. The Labute approximate surface area is 189 Å². The quantitative estimate of drug-likeness (QED) is 0.426. The molecule has 8 heteroatoms. The van der Waals surface area contributed by atoms with Crippen LogP contribution in [-0.4, -0.2) is 34.7 Å². The molecule has 0 bridgehead atoms. The zero-order valence-corrected chi connectivity index (χ0v) is 18.2. The van der Waals surface area contributed by atoms with Crippen LogP contribution in [0, 0.1) is 12.7 Å². The maximum Gasteiger partial charge on any atom is 0.339 e. The third-order valence-corrected chi connectivity index (χ3v) is 5.19. The molecule has 168 valence electrons. The number of hydrogen-bond acceptors (Lipinski definition) is 6. The Kier molecular flexibility index (Phi) is 6.44. The van der Waals surface area contributed by atoms with Crippen LogP contribution >= 0.6 is 0 Å². The second-order valence-electron chi connectivity index (χ2n) is 7.58. The molecule has 1 atom stereocenters. The molecule has 0 aliphatic heterocycles.